The predicted octanol–water partition coefficient (Wildman–Crippen LogP) is 3.85. The van der Waals surface area contributed by atoms with Gasteiger partial charge in [0.25, 0.3) is 5.91 Å². The highest BCUT2D eigenvalue weighted by Crippen LogP contribution is 2.23. The lowest BCUT2D eigenvalue weighted by Crippen LogP contribution is -2.49. The SMILES string of the molecule is CCn1c(C(=O)N2CCN(c3cc(C)nc(C(C)C)n3)CC2)cc2ccccc21. The number of anilines is 1. The van der Waals surface area contributed by atoms with Crippen molar-refractivity contribution in [3.05, 3.63) is 53.6 Å². The van der Waals surface area contributed by atoms with E-state index in [-0.39, 0.29) is 5.91 Å². The molecule has 0 N–H and O–H groups in total. The maximum atomic E-state index is 13.3. The fourth-order valence-corrected chi connectivity index (χ4v) is 4.02. The van der Waals surface area contributed by atoms with E-state index in [1.165, 1.54) is 0 Å². The van der Waals surface area contributed by atoms with Crippen molar-refractivity contribution in [2.75, 3.05) is 31.1 Å². The summed E-state index contributed by atoms with van der Waals surface area (Å²) in [7, 11) is 0. The zero-order valence-corrected chi connectivity index (χ0v) is 17.7. The lowest BCUT2D eigenvalue weighted by Gasteiger charge is -2.35. The molecule has 0 spiro atoms. The molecule has 1 saturated heterocycles. The maximum absolute atomic E-state index is 13.3. The first kappa shape index (κ1) is 19.4. The lowest BCUT2D eigenvalue weighted by molar-refractivity contribution is 0.0736. The molecule has 2 aromatic heterocycles. The number of carbonyl (C=O) groups is 1. The highest BCUT2D eigenvalue weighted by molar-refractivity contribution is 5.98. The summed E-state index contributed by atoms with van der Waals surface area (Å²) in [5.74, 6) is 2.26. The van der Waals surface area contributed by atoms with Crippen LogP contribution < -0.4 is 4.90 Å². The third-order valence-corrected chi connectivity index (χ3v) is 5.61. The normalized spacial score (nSPS) is 14.8. The number of aromatic nitrogens is 3. The Morgan fingerprint density at radius 2 is 1.79 bits per heavy atom. The van der Waals surface area contributed by atoms with Gasteiger partial charge in [0.15, 0.2) is 0 Å². The van der Waals surface area contributed by atoms with Crippen LogP contribution in [0.3, 0.4) is 0 Å². The van der Waals surface area contributed by atoms with Crippen LogP contribution in [0.5, 0.6) is 0 Å². The number of nitrogens with zero attached hydrogens (tertiary/aromatic N) is 5. The van der Waals surface area contributed by atoms with Crippen LogP contribution in [-0.2, 0) is 6.54 Å². The first-order valence-electron chi connectivity index (χ1n) is 10.5. The zero-order valence-electron chi connectivity index (χ0n) is 17.7. The zero-order chi connectivity index (χ0) is 20.5. The number of hydrogen-bond acceptors (Lipinski definition) is 4. The molecule has 1 aliphatic heterocycles. The van der Waals surface area contributed by atoms with Crippen molar-refractivity contribution in [1.29, 1.82) is 0 Å². The minimum absolute atomic E-state index is 0.115. The molecule has 6 heteroatoms. The third-order valence-electron chi connectivity index (χ3n) is 5.61. The van der Waals surface area contributed by atoms with Crippen LogP contribution in [0.1, 0.15) is 48.7 Å². The Hall–Kier alpha value is -2.89. The van der Waals surface area contributed by atoms with E-state index in [0.717, 1.165) is 53.6 Å². The third kappa shape index (κ3) is 3.71. The maximum Gasteiger partial charge on any atom is 0.270 e. The minimum Gasteiger partial charge on any atom is -0.353 e. The molecule has 3 aromatic rings. The van der Waals surface area contributed by atoms with E-state index in [0.29, 0.717) is 19.0 Å². The molecule has 1 fully saturated rings. The average molecular weight is 392 g/mol. The number of para-hydroxylation sites is 1. The van der Waals surface area contributed by atoms with Gasteiger partial charge in [-0.05, 0) is 26.0 Å². The van der Waals surface area contributed by atoms with Crippen molar-refractivity contribution in [3.8, 4) is 0 Å². The molecule has 1 aromatic carbocycles. The first-order chi connectivity index (χ1) is 14.0. The Morgan fingerprint density at radius 3 is 2.48 bits per heavy atom. The molecule has 0 aliphatic carbocycles. The van der Waals surface area contributed by atoms with Crippen LogP contribution in [0.4, 0.5) is 5.82 Å². The second-order valence-corrected chi connectivity index (χ2v) is 7.99. The number of benzene rings is 1. The number of piperazine rings is 1. The number of rotatable bonds is 4. The highest BCUT2D eigenvalue weighted by Gasteiger charge is 2.26. The fourth-order valence-electron chi connectivity index (χ4n) is 4.02. The van der Waals surface area contributed by atoms with Crippen LogP contribution in [0.25, 0.3) is 10.9 Å². The summed E-state index contributed by atoms with van der Waals surface area (Å²) in [6, 6.07) is 12.3. The van der Waals surface area contributed by atoms with Gasteiger partial charge in [0, 0.05) is 61.3 Å². The van der Waals surface area contributed by atoms with Crippen molar-refractivity contribution in [2.45, 2.75) is 40.2 Å². The van der Waals surface area contributed by atoms with Gasteiger partial charge in [0.1, 0.15) is 17.3 Å². The topological polar surface area (TPSA) is 54.3 Å². The van der Waals surface area contributed by atoms with Crippen molar-refractivity contribution >= 4 is 22.6 Å². The number of fused-ring (bicyclic) bond motifs is 1. The molecular weight excluding hydrogens is 362 g/mol. The van der Waals surface area contributed by atoms with Crippen LogP contribution in [0.15, 0.2) is 36.4 Å². The summed E-state index contributed by atoms with van der Waals surface area (Å²) in [5, 5.41) is 1.12. The summed E-state index contributed by atoms with van der Waals surface area (Å²) >= 11 is 0. The van der Waals surface area contributed by atoms with Gasteiger partial charge in [-0.3, -0.25) is 4.79 Å². The average Bonchev–Trinajstić information content (AvgIpc) is 3.11. The number of amides is 1. The van der Waals surface area contributed by atoms with E-state index in [2.05, 4.69) is 47.4 Å². The van der Waals surface area contributed by atoms with Crippen LogP contribution in [0, 0.1) is 6.92 Å². The predicted molar refractivity (Wildman–Crippen MR) is 117 cm³/mol. The summed E-state index contributed by atoms with van der Waals surface area (Å²) < 4.78 is 2.12. The molecular formula is C23H29N5O. The molecule has 152 valence electrons. The minimum atomic E-state index is 0.115. The fraction of sp³-hybridized carbons (Fsp3) is 0.435. The smallest absolute Gasteiger partial charge is 0.270 e. The van der Waals surface area contributed by atoms with E-state index < -0.39 is 0 Å². The highest BCUT2D eigenvalue weighted by atomic mass is 16.2. The van der Waals surface area contributed by atoms with Crippen LogP contribution >= 0.6 is 0 Å². The van der Waals surface area contributed by atoms with Crippen molar-refractivity contribution in [3.63, 3.8) is 0 Å². The molecule has 6 nitrogen and oxygen atoms in total. The van der Waals surface area contributed by atoms with Gasteiger partial charge in [-0.2, -0.15) is 0 Å². The monoisotopic (exact) mass is 391 g/mol. The molecule has 0 unspecified atom stereocenters. The molecule has 3 heterocycles. The Balaban J connectivity index is 1.51. The Bertz CT molecular complexity index is 1030. The summed E-state index contributed by atoms with van der Waals surface area (Å²) in [6.07, 6.45) is 0. The van der Waals surface area contributed by atoms with Gasteiger partial charge < -0.3 is 14.4 Å². The largest absolute Gasteiger partial charge is 0.353 e. The van der Waals surface area contributed by atoms with E-state index in [1.54, 1.807) is 0 Å². The molecule has 1 amide bonds. The first-order valence-corrected chi connectivity index (χ1v) is 10.5. The van der Waals surface area contributed by atoms with E-state index in [9.17, 15) is 4.79 Å². The van der Waals surface area contributed by atoms with Gasteiger partial charge in [-0.25, -0.2) is 9.97 Å². The molecule has 0 bridgehead atoms. The second kappa shape index (κ2) is 7.85. The van der Waals surface area contributed by atoms with Crippen LogP contribution in [0.2, 0.25) is 0 Å². The van der Waals surface area contributed by atoms with Crippen molar-refractivity contribution in [1.82, 2.24) is 19.4 Å². The van der Waals surface area contributed by atoms with Crippen molar-refractivity contribution < 1.29 is 4.79 Å². The van der Waals surface area contributed by atoms with Gasteiger partial charge in [-0.15, -0.1) is 0 Å². The van der Waals surface area contributed by atoms with Crippen LogP contribution in [-0.4, -0.2) is 51.5 Å². The van der Waals surface area contributed by atoms with Gasteiger partial charge in [-0.1, -0.05) is 32.0 Å². The molecule has 4 rings (SSSR count). The second-order valence-electron chi connectivity index (χ2n) is 7.99. The lowest BCUT2D eigenvalue weighted by atomic mass is 10.2. The Labute approximate surface area is 172 Å². The quantitative estimate of drug-likeness (QED) is 0.678. The summed E-state index contributed by atoms with van der Waals surface area (Å²) in [5.41, 5.74) is 2.89. The molecule has 29 heavy (non-hydrogen) atoms. The molecule has 1 aliphatic rings. The number of hydrogen-bond donors (Lipinski definition) is 0. The van der Waals surface area contributed by atoms with Gasteiger partial charge >= 0.3 is 0 Å². The van der Waals surface area contributed by atoms with Gasteiger partial charge in [0.05, 0.1) is 0 Å². The number of carbonyl (C=O) groups excluding carboxylic acids is 1. The van der Waals surface area contributed by atoms with Gasteiger partial charge in [0.2, 0.25) is 0 Å². The summed E-state index contributed by atoms with van der Waals surface area (Å²) in [6.45, 7) is 12.1. The number of aryl methyl sites for hydroxylation is 2. The van der Waals surface area contributed by atoms with E-state index in [4.69, 9.17) is 4.98 Å². The Morgan fingerprint density at radius 1 is 1.07 bits per heavy atom. The van der Waals surface area contributed by atoms with E-state index in [1.807, 2.05) is 36.1 Å². The Kier molecular flexibility index (Phi) is 5.26. The summed E-state index contributed by atoms with van der Waals surface area (Å²) in [4.78, 5) is 26.8. The van der Waals surface area contributed by atoms with Crippen molar-refractivity contribution in [2.24, 2.45) is 0 Å². The molecule has 0 saturated carbocycles. The molecule has 0 atom stereocenters. The standard InChI is InChI=1S/C23H29N5O/c1-5-28-19-9-7-6-8-18(19)15-20(28)23(29)27-12-10-26(11-13-27)21-14-17(4)24-22(25-21)16(2)3/h6-9,14-16H,5,10-13H2,1-4H3. The van der Waals surface area contributed by atoms with E-state index >= 15 is 0 Å². The molecule has 0 radical (unpaired) electrons.